The Kier molecular flexibility index (Phi) is 4.25. The maximum absolute atomic E-state index is 5.25. The van der Waals surface area contributed by atoms with Crippen molar-refractivity contribution in [2.24, 2.45) is 5.84 Å². The molecule has 0 saturated carbocycles. The van der Waals surface area contributed by atoms with Crippen molar-refractivity contribution in [1.29, 1.82) is 0 Å². The van der Waals surface area contributed by atoms with Crippen LogP contribution in [-0.2, 0) is 11.3 Å². The fourth-order valence-corrected chi connectivity index (χ4v) is 0.990. The van der Waals surface area contributed by atoms with E-state index in [-0.39, 0.29) is 6.79 Å². The van der Waals surface area contributed by atoms with Crippen molar-refractivity contribution < 1.29 is 9.47 Å². The van der Waals surface area contributed by atoms with E-state index in [0.29, 0.717) is 6.54 Å². The minimum absolute atomic E-state index is 0.263. The monoisotopic (exact) mass is 182 g/mol. The van der Waals surface area contributed by atoms with Gasteiger partial charge < -0.3 is 9.47 Å². The number of ether oxygens (including phenoxy) is 2. The van der Waals surface area contributed by atoms with Gasteiger partial charge in [0.1, 0.15) is 5.75 Å². The molecule has 0 amide bonds. The van der Waals surface area contributed by atoms with Crippen LogP contribution in [0.15, 0.2) is 24.3 Å². The predicted molar refractivity (Wildman–Crippen MR) is 50.0 cm³/mol. The van der Waals surface area contributed by atoms with Gasteiger partial charge in [0.25, 0.3) is 0 Å². The van der Waals surface area contributed by atoms with E-state index in [4.69, 9.17) is 15.3 Å². The van der Waals surface area contributed by atoms with Crippen LogP contribution in [-0.4, -0.2) is 13.9 Å². The Bertz CT molecular complexity index is 253. The Morgan fingerprint density at radius 1 is 1.46 bits per heavy atom. The van der Waals surface area contributed by atoms with E-state index < -0.39 is 0 Å². The van der Waals surface area contributed by atoms with Gasteiger partial charge in [0.15, 0.2) is 6.79 Å². The van der Waals surface area contributed by atoms with Crippen LogP contribution in [0.25, 0.3) is 0 Å². The van der Waals surface area contributed by atoms with E-state index in [1.54, 1.807) is 7.11 Å². The SMILES string of the molecule is COCOc1cccc(CNN)c1. The largest absolute Gasteiger partial charge is 0.468 e. The second-order valence-electron chi connectivity index (χ2n) is 2.58. The van der Waals surface area contributed by atoms with E-state index in [9.17, 15) is 0 Å². The maximum atomic E-state index is 5.25. The lowest BCUT2D eigenvalue weighted by Gasteiger charge is -2.06. The molecule has 0 atom stereocenters. The number of benzene rings is 1. The highest BCUT2D eigenvalue weighted by Gasteiger charge is 1.95. The zero-order valence-corrected chi connectivity index (χ0v) is 7.62. The molecular weight excluding hydrogens is 168 g/mol. The van der Waals surface area contributed by atoms with Gasteiger partial charge in [-0.3, -0.25) is 11.3 Å². The predicted octanol–water partition coefficient (Wildman–Crippen LogP) is 0.633. The van der Waals surface area contributed by atoms with Crippen LogP contribution in [0.5, 0.6) is 5.75 Å². The second kappa shape index (κ2) is 5.53. The van der Waals surface area contributed by atoms with Crippen molar-refractivity contribution in [3.63, 3.8) is 0 Å². The summed E-state index contributed by atoms with van der Waals surface area (Å²) in [4.78, 5) is 0. The van der Waals surface area contributed by atoms with E-state index in [1.165, 1.54) is 0 Å². The summed E-state index contributed by atoms with van der Waals surface area (Å²) in [6, 6.07) is 7.68. The molecular formula is C9H14N2O2. The van der Waals surface area contributed by atoms with Crippen LogP contribution < -0.4 is 16.0 Å². The van der Waals surface area contributed by atoms with Crippen LogP contribution >= 0.6 is 0 Å². The Morgan fingerprint density at radius 3 is 3.00 bits per heavy atom. The summed E-state index contributed by atoms with van der Waals surface area (Å²) in [6.45, 7) is 0.893. The molecule has 0 unspecified atom stereocenters. The highest BCUT2D eigenvalue weighted by atomic mass is 16.7. The van der Waals surface area contributed by atoms with E-state index in [0.717, 1.165) is 11.3 Å². The third kappa shape index (κ3) is 3.42. The standard InChI is InChI=1S/C9H14N2O2/c1-12-7-13-9-4-2-3-8(5-9)6-11-10/h2-5,11H,6-7,10H2,1H3. The molecule has 1 aromatic carbocycles. The molecule has 1 aromatic rings. The van der Waals surface area contributed by atoms with Crippen molar-refractivity contribution in [3.8, 4) is 5.75 Å². The smallest absolute Gasteiger partial charge is 0.188 e. The van der Waals surface area contributed by atoms with Gasteiger partial charge in [-0.15, -0.1) is 0 Å². The van der Waals surface area contributed by atoms with Gasteiger partial charge in [-0.2, -0.15) is 0 Å². The Morgan fingerprint density at radius 2 is 2.31 bits per heavy atom. The Hall–Kier alpha value is -1.10. The Balaban J connectivity index is 2.56. The van der Waals surface area contributed by atoms with Crippen LogP contribution in [0.1, 0.15) is 5.56 Å². The fraction of sp³-hybridized carbons (Fsp3) is 0.333. The van der Waals surface area contributed by atoms with Gasteiger partial charge in [0.05, 0.1) is 0 Å². The molecule has 4 heteroatoms. The number of hydrogen-bond donors (Lipinski definition) is 2. The van der Waals surface area contributed by atoms with E-state index in [2.05, 4.69) is 5.43 Å². The lowest BCUT2D eigenvalue weighted by molar-refractivity contribution is 0.0511. The first-order valence-electron chi connectivity index (χ1n) is 4.01. The summed E-state index contributed by atoms with van der Waals surface area (Å²) in [7, 11) is 1.59. The summed E-state index contributed by atoms with van der Waals surface area (Å²) in [5.74, 6) is 5.98. The second-order valence-corrected chi connectivity index (χ2v) is 2.58. The molecule has 0 radical (unpaired) electrons. The van der Waals surface area contributed by atoms with Crippen LogP contribution in [0.2, 0.25) is 0 Å². The summed E-state index contributed by atoms with van der Waals surface area (Å²) < 4.78 is 10.0. The van der Waals surface area contributed by atoms with Crippen molar-refractivity contribution >= 4 is 0 Å². The number of methoxy groups -OCH3 is 1. The number of nitrogens with one attached hydrogen (secondary N) is 1. The van der Waals surface area contributed by atoms with Crippen LogP contribution in [0.3, 0.4) is 0 Å². The minimum Gasteiger partial charge on any atom is -0.468 e. The molecule has 72 valence electrons. The molecule has 1 rings (SSSR count). The van der Waals surface area contributed by atoms with Gasteiger partial charge in [-0.25, -0.2) is 0 Å². The average molecular weight is 182 g/mol. The molecule has 0 saturated heterocycles. The van der Waals surface area contributed by atoms with Crippen LogP contribution in [0.4, 0.5) is 0 Å². The zero-order valence-electron chi connectivity index (χ0n) is 7.62. The quantitative estimate of drug-likeness (QED) is 0.398. The fourth-order valence-electron chi connectivity index (χ4n) is 0.990. The molecule has 0 aliphatic carbocycles. The molecule has 4 nitrogen and oxygen atoms in total. The number of hydrogen-bond acceptors (Lipinski definition) is 4. The first-order valence-corrected chi connectivity index (χ1v) is 4.01. The molecule has 0 spiro atoms. The third-order valence-electron chi connectivity index (χ3n) is 1.55. The summed E-state index contributed by atoms with van der Waals surface area (Å²) >= 11 is 0. The van der Waals surface area contributed by atoms with Gasteiger partial charge in [-0.05, 0) is 17.7 Å². The summed E-state index contributed by atoms with van der Waals surface area (Å²) in [5.41, 5.74) is 3.66. The average Bonchev–Trinajstić information content (AvgIpc) is 2.16. The first kappa shape index (κ1) is 9.98. The summed E-state index contributed by atoms with van der Waals surface area (Å²) in [5, 5.41) is 0. The van der Waals surface area contributed by atoms with Gasteiger partial charge >= 0.3 is 0 Å². The van der Waals surface area contributed by atoms with Gasteiger partial charge in [0, 0.05) is 13.7 Å². The molecule has 0 fully saturated rings. The van der Waals surface area contributed by atoms with Crippen molar-refractivity contribution in [2.45, 2.75) is 6.54 Å². The molecule has 3 N–H and O–H groups in total. The molecule has 13 heavy (non-hydrogen) atoms. The zero-order chi connectivity index (χ0) is 9.52. The van der Waals surface area contributed by atoms with Crippen molar-refractivity contribution in [1.82, 2.24) is 5.43 Å². The number of nitrogens with two attached hydrogens (primary N) is 1. The Labute approximate surface area is 77.6 Å². The van der Waals surface area contributed by atoms with Crippen molar-refractivity contribution in [3.05, 3.63) is 29.8 Å². The molecule has 0 aromatic heterocycles. The van der Waals surface area contributed by atoms with E-state index in [1.807, 2.05) is 24.3 Å². The third-order valence-corrected chi connectivity index (χ3v) is 1.55. The minimum atomic E-state index is 0.263. The maximum Gasteiger partial charge on any atom is 0.188 e. The first-order chi connectivity index (χ1) is 6.36. The highest BCUT2D eigenvalue weighted by Crippen LogP contribution is 2.12. The van der Waals surface area contributed by atoms with Gasteiger partial charge in [-0.1, -0.05) is 12.1 Å². The lowest BCUT2D eigenvalue weighted by atomic mass is 10.2. The molecule has 0 aliphatic rings. The van der Waals surface area contributed by atoms with Crippen LogP contribution in [0, 0.1) is 0 Å². The molecule has 0 aliphatic heterocycles. The lowest BCUT2D eigenvalue weighted by Crippen LogP contribution is -2.20. The normalized spacial score (nSPS) is 10.0. The molecule has 0 bridgehead atoms. The molecule has 0 heterocycles. The topological polar surface area (TPSA) is 56.5 Å². The van der Waals surface area contributed by atoms with Gasteiger partial charge in [0.2, 0.25) is 0 Å². The number of rotatable bonds is 5. The summed E-state index contributed by atoms with van der Waals surface area (Å²) in [6.07, 6.45) is 0. The highest BCUT2D eigenvalue weighted by molar-refractivity contribution is 5.28. The van der Waals surface area contributed by atoms with E-state index >= 15 is 0 Å². The number of hydrazine groups is 1. The van der Waals surface area contributed by atoms with Crippen molar-refractivity contribution in [2.75, 3.05) is 13.9 Å².